The minimum absolute atomic E-state index is 0.0307. The highest BCUT2D eigenvalue weighted by atomic mass is 16.4. The van der Waals surface area contributed by atoms with E-state index in [2.05, 4.69) is 16.4 Å². The number of nitrogens with one attached hydrogen (secondary N) is 1. The lowest BCUT2D eigenvalue weighted by molar-refractivity contribution is -1.08. The number of aliphatic hydroxyl groups excluding tert-OH is 1. The molecule has 246 valence electrons. The average molecular weight is 650 g/mol. The summed E-state index contributed by atoms with van der Waals surface area (Å²) in [6, 6.07) is 14.8. The summed E-state index contributed by atoms with van der Waals surface area (Å²) in [6.07, 6.45) is 2.47. The van der Waals surface area contributed by atoms with Gasteiger partial charge in [-0.2, -0.15) is 0 Å². The molecule has 1 aliphatic carbocycles. The van der Waals surface area contributed by atoms with Crippen molar-refractivity contribution in [3.8, 4) is 11.1 Å². The summed E-state index contributed by atoms with van der Waals surface area (Å²) < 4.78 is 1.76. The topological polar surface area (TPSA) is 137 Å². The molecule has 3 aromatic rings. The number of piperazine rings is 3. The molecule has 0 saturated carbocycles. The van der Waals surface area contributed by atoms with E-state index in [4.69, 9.17) is 0 Å². The molecule has 4 fully saturated rings. The fourth-order valence-corrected chi connectivity index (χ4v) is 9.09. The zero-order valence-corrected chi connectivity index (χ0v) is 27.1. The summed E-state index contributed by atoms with van der Waals surface area (Å²) in [7, 11) is 0. The highest BCUT2D eigenvalue weighted by Crippen LogP contribution is 2.51. The maximum Gasteiger partial charge on any atom is 0.352 e. The fraction of sp³-hybridized carbons (Fsp3) is 0.378. The van der Waals surface area contributed by atoms with Crippen molar-refractivity contribution in [2.75, 3.05) is 51.1 Å². The van der Waals surface area contributed by atoms with Gasteiger partial charge in [-0.15, -0.1) is 0 Å². The van der Waals surface area contributed by atoms with Gasteiger partial charge >= 0.3 is 5.97 Å². The van der Waals surface area contributed by atoms with Crippen LogP contribution >= 0.6 is 0 Å². The first kappa shape index (κ1) is 30.6. The smallest absolute Gasteiger partial charge is 0.352 e. The summed E-state index contributed by atoms with van der Waals surface area (Å²) in [4.78, 5) is 57.2. The third-order valence-electron chi connectivity index (χ3n) is 11.7. The average Bonchev–Trinajstić information content (AvgIpc) is 3.49. The van der Waals surface area contributed by atoms with E-state index in [0.717, 1.165) is 77.2 Å². The van der Waals surface area contributed by atoms with Gasteiger partial charge in [0.1, 0.15) is 51.5 Å². The number of benzene rings is 2. The summed E-state index contributed by atoms with van der Waals surface area (Å²) in [5.41, 5.74) is 5.91. The molecule has 0 radical (unpaired) electrons. The van der Waals surface area contributed by atoms with Crippen molar-refractivity contribution >= 4 is 34.8 Å². The van der Waals surface area contributed by atoms with Crippen molar-refractivity contribution in [3.05, 3.63) is 88.9 Å². The molecular weight excluding hydrogens is 610 g/mol. The molecule has 11 heteroatoms. The number of hydrogen-bond donors (Lipinski definition) is 3. The monoisotopic (exact) mass is 649 g/mol. The van der Waals surface area contributed by atoms with E-state index in [1.165, 1.54) is 4.90 Å². The lowest BCUT2D eigenvalue weighted by atomic mass is 9.76. The summed E-state index contributed by atoms with van der Waals surface area (Å²) >= 11 is 0. The first-order valence-electron chi connectivity index (χ1n) is 16.7. The third kappa shape index (κ3) is 4.63. The minimum atomic E-state index is -1.18. The van der Waals surface area contributed by atoms with Gasteiger partial charge in [0.2, 0.25) is 5.91 Å². The molecule has 2 amide bonds. The van der Waals surface area contributed by atoms with Crippen LogP contribution in [0, 0.1) is 11.8 Å². The maximum absolute atomic E-state index is 13.7. The number of quaternary nitrogens is 2. The van der Waals surface area contributed by atoms with E-state index < -0.39 is 24.0 Å². The van der Waals surface area contributed by atoms with Crippen molar-refractivity contribution in [3.63, 3.8) is 0 Å². The molecule has 4 atom stereocenters. The van der Waals surface area contributed by atoms with Crippen LogP contribution in [0.25, 0.3) is 16.7 Å². The van der Waals surface area contributed by atoms with Crippen molar-refractivity contribution < 1.29 is 38.4 Å². The normalized spacial score (nSPS) is 28.9. The second-order valence-corrected chi connectivity index (χ2v) is 14.4. The van der Waals surface area contributed by atoms with Crippen molar-refractivity contribution in [1.82, 2.24) is 9.88 Å². The number of nitrogens with zero attached hydrogens (tertiary/aromatic N) is 4. The molecule has 0 spiro atoms. The van der Waals surface area contributed by atoms with Crippen molar-refractivity contribution in [2.45, 2.75) is 32.5 Å². The Labute approximate surface area is 278 Å². The number of carbonyl (C=O) groups is 4. The number of fused-ring (bicyclic) bond motifs is 7. The number of aliphatic carboxylic acids is 1. The van der Waals surface area contributed by atoms with Crippen LogP contribution < -0.4 is 5.32 Å². The Morgan fingerprint density at radius 2 is 1.58 bits per heavy atom. The van der Waals surface area contributed by atoms with Crippen molar-refractivity contribution in [2.24, 2.45) is 11.8 Å². The molecule has 48 heavy (non-hydrogen) atoms. The molecule has 2 aromatic carbocycles. The van der Waals surface area contributed by atoms with Crippen molar-refractivity contribution in [1.29, 1.82) is 0 Å². The number of ketones is 1. The van der Waals surface area contributed by atoms with Crippen LogP contribution in [0.15, 0.2) is 66.6 Å². The van der Waals surface area contributed by atoms with Gasteiger partial charge in [0.15, 0.2) is 12.3 Å². The molecule has 9 rings (SSSR count). The van der Waals surface area contributed by atoms with E-state index >= 15 is 0 Å². The van der Waals surface area contributed by atoms with Crippen LogP contribution in [-0.2, 0) is 20.9 Å². The predicted molar refractivity (Wildman–Crippen MR) is 176 cm³/mol. The molecule has 4 saturated heterocycles. The molecule has 5 aliphatic heterocycles. The lowest BCUT2D eigenvalue weighted by Gasteiger charge is -2.55. The zero-order valence-electron chi connectivity index (χ0n) is 27.1. The number of carboxylic acid groups (broad SMARTS) is 1. The standard InChI is InChI=1S/C37H37N5O6/c1-21-31(34(37(47)48)40-33(21)32(22(2)43)36(40)46)24-4-6-27-28(18-24)26-5-3-23(17-29(26)35(27)45)19-41-11-14-42(15-12-41,16-13-41)20-30(44)39-25-7-9-38-10-8-25/h3-10,17-18,21-22,32-33,43H,11-16,19-20H2,1-2H3/p+2/t21-,22+,32+,33+,41?,42?/m0/s1. The fourth-order valence-electron chi connectivity index (χ4n) is 9.09. The molecule has 6 aliphatic rings. The Morgan fingerprint density at radius 3 is 2.25 bits per heavy atom. The predicted octanol–water partition coefficient (Wildman–Crippen LogP) is 2.75. The Hall–Kier alpha value is -4.71. The van der Waals surface area contributed by atoms with E-state index in [1.54, 1.807) is 43.6 Å². The number of anilines is 1. The highest BCUT2D eigenvalue weighted by molar-refractivity contribution is 6.22. The van der Waals surface area contributed by atoms with E-state index in [1.807, 2.05) is 25.1 Å². The Bertz CT molecular complexity index is 1910. The summed E-state index contributed by atoms with van der Waals surface area (Å²) in [5.74, 6) is -2.48. The van der Waals surface area contributed by atoms with Gasteiger partial charge in [-0.05, 0) is 59.5 Å². The summed E-state index contributed by atoms with van der Waals surface area (Å²) in [5, 5.41) is 23.4. The van der Waals surface area contributed by atoms with E-state index in [9.17, 15) is 29.4 Å². The van der Waals surface area contributed by atoms with Crippen LogP contribution in [0.4, 0.5) is 5.69 Å². The van der Waals surface area contributed by atoms with Gasteiger partial charge in [0, 0.05) is 40.7 Å². The maximum atomic E-state index is 13.7. The minimum Gasteiger partial charge on any atom is -0.477 e. The molecular formula is C37H39N5O6+2. The third-order valence-corrected chi connectivity index (χ3v) is 11.7. The molecule has 2 bridgehead atoms. The Kier molecular flexibility index (Phi) is 6.96. The lowest BCUT2D eigenvalue weighted by Crippen LogP contribution is -2.75. The van der Waals surface area contributed by atoms with Gasteiger partial charge in [0.25, 0.3) is 5.91 Å². The van der Waals surface area contributed by atoms with Gasteiger partial charge in [0.05, 0.1) is 18.1 Å². The van der Waals surface area contributed by atoms with Crippen LogP contribution in [-0.4, -0.2) is 111 Å². The van der Waals surface area contributed by atoms with Gasteiger partial charge in [-0.1, -0.05) is 25.1 Å². The first-order valence-corrected chi connectivity index (χ1v) is 16.7. The molecule has 1 aromatic heterocycles. The Balaban J connectivity index is 1.00. The second kappa shape index (κ2) is 10.9. The number of amides is 2. The quantitative estimate of drug-likeness (QED) is 0.197. The van der Waals surface area contributed by atoms with Crippen LogP contribution in [0.2, 0.25) is 0 Å². The van der Waals surface area contributed by atoms with Crippen LogP contribution in [0.5, 0.6) is 0 Å². The van der Waals surface area contributed by atoms with Gasteiger partial charge in [-0.3, -0.25) is 19.4 Å². The van der Waals surface area contributed by atoms with E-state index in [0.29, 0.717) is 28.8 Å². The Morgan fingerprint density at radius 1 is 0.917 bits per heavy atom. The van der Waals surface area contributed by atoms with Gasteiger partial charge in [-0.25, -0.2) is 4.79 Å². The van der Waals surface area contributed by atoms with E-state index in [-0.39, 0.29) is 29.2 Å². The number of carbonyl (C=O) groups excluding carboxylic acids is 3. The number of hydrogen-bond acceptors (Lipinski definition) is 6. The second-order valence-electron chi connectivity index (χ2n) is 14.4. The molecule has 6 heterocycles. The highest BCUT2D eigenvalue weighted by Gasteiger charge is 2.60. The number of carboxylic acids is 1. The number of pyridine rings is 1. The molecule has 0 unspecified atom stereocenters. The number of rotatable bonds is 8. The molecule has 11 nitrogen and oxygen atoms in total. The van der Waals surface area contributed by atoms with Crippen LogP contribution in [0.3, 0.4) is 0 Å². The number of β-lactam (4-membered cyclic amide) rings is 1. The SMILES string of the molecule is C[C@@H](O)[C@H]1C(=O)N2C(C(=O)O)=C(c3ccc4c(c3)-c3ccc(C[N+]56CC[N+](CC(=O)Nc7ccncc7)(CC5)CC6)cc3C4=O)[C@H](C)[C@H]12. The zero-order chi connectivity index (χ0) is 33.5. The summed E-state index contributed by atoms with van der Waals surface area (Å²) in [6.45, 7) is 10.5. The number of aliphatic hydroxyl groups is 1. The number of aromatic nitrogens is 1. The largest absolute Gasteiger partial charge is 0.477 e. The first-order chi connectivity index (χ1) is 23.0. The van der Waals surface area contributed by atoms with Crippen LogP contribution in [0.1, 0.15) is 40.9 Å². The van der Waals surface area contributed by atoms with Gasteiger partial charge < -0.3 is 29.4 Å². The molecule has 3 N–H and O–H groups in total.